The number of rotatable bonds is 3. The van der Waals surface area contributed by atoms with Crippen molar-refractivity contribution in [2.24, 2.45) is 17.8 Å². The van der Waals surface area contributed by atoms with Crippen LogP contribution in [0.15, 0.2) is 24.3 Å². The first-order valence-electron chi connectivity index (χ1n) is 9.71. The van der Waals surface area contributed by atoms with Crippen LogP contribution >= 0.6 is 11.3 Å². The third-order valence-electron chi connectivity index (χ3n) is 6.76. The van der Waals surface area contributed by atoms with Crippen molar-refractivity contribution in [2.45, 2.75) is 50.9 Å². The Morgan fingerprint density at radius 3 is 2.38 bits per heavy atom. The topological polar surface area (TPSA) is 46.1 Å². The van der Waals surface area contributed by atoms with E-state index in [1.165, 1.54) is 43.5 Å². The number of carbonyl (C=O) groups is 1. The molecule has 1 heterocycles. The largest absolute Gasteiger partial charge is 0.286 e. The summed E-state index contributed by atoms with van der Waals surface area (Å²) in [6, 6.07) is 7.73. The van der Waals surface area contributed by atoms with Gasteiger partial charge < -0.3 is 0 Å². The minimum atomic E-state index is -0.0121. The molecule has 2 aromatic rings. The van der Waals surface area contributed by atoms with Crippen molar-refractivity contribution in [1.82, 2.24) is 10.2 Å². The number of hydrogen-bond acceptors (Lipinski definition) is 4. The molecule has 4 aliphatic rings. The minimum Gasteiger partial charge on any atom is -0.286 e. The highest BCUT2D eigenvalue weighted by Crippen LogP contribution is 2.61. The van der Waals surface area contributed by atoms with Gasteiger partial charge in [0.1, 0.15) is 5.01 Å². The third kappa shape index (κ3) is 2.59. The van der Waals surface area contributed by atoms with Crippen molar-refractivity contribution in [2.75, 3.05) is 11.9 Å². The van der Waals surface area contributed by atoms with Crippen molar-refractivity contribution < 1.29 is 4.79 Å². The molecule has 4 nitrogen and oxygen atoms in total. The molecule has 26 heavy (non-hydrogen) atoms. The summed E-state index contributed by atoms with van der Waals surface area (Å²) in [6.45, 7) is 2.01. The molecule has 1 amide bonds. The van der Waals surface area contributed by atoms with E-state index in [1.807, 2.05) is 38.2 Å². The zero-order chi connectivity index (χ0) is 17.9. The predicted octanol–water partition coefficient (Wildman–Crippen LogP) is 4.59. The maximum absolute atomic E-state index is 12.8. The van der Waals surface area contributed by atoms with E-state index in [1.54, 1.807) is 16.2 Å². The van der Waals surface area contributed by atoms with Crippen LogP contribution in [0.25, 0.3) is 0 Å². The number of amides is 1. The summed E-state index contributed by atoms with van der Waals surface area (Å²) in [5.74, 6) is 2.66. The Labute approximate surface area is 158 Å². The molecule has 0 N–H and O–H groups in total. The van der Waals surface area contributed by atoms with Crippen LogP contribution < -0.4 is 4.90 Å². The van der Waals surface area contributed by atoms with E-state index < -0.39 is 0 Å². The van der Waals surface area contributed by atoms with E-state index in [9.17, 15) is 4.79 Å². The Kier molecular flexibility index (Phi) is 3.71. The second-order valence-electron chi connectivity index (χ2n) is 8.82. The zero-order valence-corrected chi connectivity index (χ0v) is 16.3. The first kappa shape index (κ1) is 16.4. The first-order chi connectivity index (χ1) is 12.5. The standard InChI is InChI=1S/C21H25N3OS/c1-13-4-3-5-17(6-13)18(25)24(2)20-23-22-19(26-20)21-10-14-7-15(11-21)9-16(8-14)12-21/h3-6,14-16H,7-12H2,1-2H3. The lowest BCUT2D eigenvalue weighted by Gasteiger charge is -2.55. The number of anilines is 1. The van der Waals surface area contributed by atoms with Crippen molar-refractivity contribution in [1.29, 1.82) is 0 Å². The molecule has 136 valence electrons. The number of aromatic nitrogens is 2. The SMILES string of the molecule is Cc1cccc(C(=O)N(C)c2nnc(C34CC5CC(CC(C5)C3)C4)s2)c1. The highest BCUT2D eigenvalue weighted by Gasteiger charge is 2.53. The Balaban J connectivity index is 1.41. The fourth-order valence-corrected chi connectivity index (χ4v) is 7.02. The normalized spacial score (nSPS) is 32.0. The lowest BCUT2D eigenvalue weighted by Crippen LogP contribution is -2.48. The van der Waals surface area contributed by atoms with Crippen LogP contribution in [0.1, 0.15) is 59.5 Å². The van der Waals surface area contributed by atoms with Crippen LogP contribution in [-0.2, 0) is 5.41 Å². The summed E-state index contributed by atoms with van der Waals surface area (Å²) >= 11 is 1.64. The Morgan fingerprint density at radius 2 is 1.77 bits per heavy atom. The van der Waals surface area contributed by atoms with E-state index in [4.69, 9.17) is 0 Å². The average molecular weight is 368 g/mol. The molecule has 5 heteroatoms. The molecular formula is C21H25N3OS. The number of carbonyl (C=O) groups excluding carboxylic acids is 1. The molecule has 0 saturated heterocycles. The van der Waals surface area contributed by atoms with Gasteiger partial charge in [-0.25, -0.2) is 0 Å². The molecule has 0 radical (unpaired) electrons. The van der Waals surface area contributed by atoms with Gasteiger partial charge in [0.25, 0.3) is 5.91 Å². The van der Waals surface area contributed by atoms with E-state index in [0.717, 1.165) is 28.4 Å². The van der Waals surface area contributed by atoms with Crippen molar-refractivity contribution in [3.63, 3.8) is 0 Å². The van der Waals surface area contributed by atoms with Gasteiger partial charge in [-0.15, -0.1) is 10.2 Å². The van der Waals surface area contributed by atoms with E-state index in [2.05, 4.69) is 10.2 Å². The molecule has 0 unspecified atom stereocenters. The Hall–Kier alpha value is -1.75. The summed E-state index contributed by atoms with van der Waals surface area (Å²) < 4.78 is 0. The van der Waals surface area contributed by atoms with Crippen molar-refractivity contribution >= 4 is 22.4 Å². The average Bonchev–Trinajstić information content (AvgIpc) is 3.10. The second kappa shape index (κ2) is 5.88. The third-order valence-corrected chi connectivity index (χ3v) is 8.01. The van der Waals surface area contributed by atoms with E-state index in [0.29, 0.717) is 5.56 Å². The molecule has 0 atom stereocenters. The summed E-state index contributed by atoms with van der Waals surface area (Å²) in [7, 11) is 1.81. The number of nitrogens with zero attached hydrogens (tertiary/aromatic N) is 3. The lowest BCUT2D eigenvalue weighted by atomic mass is 9.50. The Morgan fingerprint density at radius 1 is 1.12 bits per heavy atom. The van der Waals surface area contributed by atoms with E-state index in [-0.39, 0.29) is 11.3 Å². The fourth-order valence-electron chi connectivity index (χ4n) is 6.00. The van der Waals surface area contributed by atoms with Crippen molar-refractivity contribution in [3.05, 3.63) is 40.4 Å². The molecule has 4 saturated carbocycles. The highest BCUT2D eigenvalue weighted by atomic mass is 32.1. The summed E-state index contributed by atoms with van der Waals surface area (Å²) in [5.41, 5.74) is 2.05. The molecule has 4 fully saturated rings. The predicted molar refractivity (Wildman–Crippen MR) is 104 cm³/mol. The minimum absolute atomic E-state index is 0.0121. The van der Waals surface area contributed by atoms with Crippen LogP contribution in [0.5, 0.6) is 0 Å². The van der Waals surface area contributed by atoms with Gasteiger partial charge in [-0.3, -0.25) is 9.69 Å². The molecule has 1 aromatic carbocycles. The zero-order valence-electron chi connectivity index (χ0n) is 15.4. The lowest BCUT2D eigenvalue weighted by molar-refractivity contribution is -0.00555. The summed E-state index contributed by atoms with van der Waals surface area (Å²) in [6.07, 6.45) is 8.12. The maximum Gasteiger partial charge on any atom is 0.259 e. The number of hydrogen-bond donors (Lipinski definition) is 0. The van der Waals surface area contributed by atoms with Gasteiger partial charge in [-0.1, -0.05) is 29.0 Å². The quantitative estimate of drug-likeness (QED) is 0.797. The van der Waals surface area contributed by atoms with Crippen molar-refractivity contribution in [3.8, 4) is 0 Å². The number of benzene rings is 1. The highest BCUT2D eigenvalue weighted by molar-refractivity contribution is 7.15. The fraction of sp³-hybridized carbons (Fsp3) is 0.571. The van der Waals surface area contributed by atoms with Gasteiger partial charge in [-0.2, -0.15) is 0 Å². The number of aryl methyl sites for hydroxylation is 1. The van der Waals surface area contributed by atoms with Crippen LogP contribution in [0.3, 0.4) is 0 Å². The molecular weight excluding hydrogens is 342 g/mol. The second-order valence-corrected chi connectivity index (χ2v) is 9.78. The Bertz CT molecular complexity index is 823. The summed E-state index contributed by atoms with van der Waals surface area (Å²) in [5, 5.41) is 10.9. The molecule has 0 aliphatic heterocycles. The smallest absolute Gasteiger partial charge is 0.259 e. The van der Waals surface area contributed by atoms with Crippen LogP contribution in [0.4, 0.5) is 5.13 Å². The molecule has 0 spiro atoms. The monoisotopic (exact) mass is 367 g/mol. The van der Waals surface area contributed by atoms with Crippen LogP contribution in [0, 0.1) is 24.7 Å². The van der Waals surface area contributed by atoms with Gasteiger partial charge in [0.15, 0.2) is 0 Å². The van der Waals surface area contributed by atoms with E-state index >= 15 is 0 Å². The van der Waals surface area contributed by atoms with Gasteiger partial charge in [-0.05, 0) is 75.3 Å². The van der Waals surface area contributed by atoms with Gasteiger partial charge in [0.2, 0.25) is 5.13 Å². The first-order valence-corrected chi connectivity index (χ1v) is 10.5. The van der Waals surface area contributed by atoms with Gasteiger partial charge >= 0.3 is 0 Å². The van der Waals surface area contributed by atoms with Gasteiger partial charge in [0, 0.05) is 18.0 Å². The molecule has 6 rings (SSSR count). The van der Waals surface area contributed by atoms with Crippen LogP contribution in [-0.4, -0.2) is 23.2 Å². The summed E-state index contributed by atoms with van der Waals surface area (Å²) in [4.78, 5) is 14.5. The molecule has 1 aromatic heterocycles. The molecule has 4 aliphatic carbocycles. The van der Waals surface area contributed by atoms with Crippen LogP contribution in [0.2, 0.25) is 0 Å². The van der Waals surface area contributed by atoms with Gasteiger partial charge in [0.05, 0.1) is 0 Å². The maximum atomic E-state index is 12.8. The molecule has 4 bridgehead atoms.